The van der Waals surface area contributed by atoms with Crippen LogP contribution in [0.2, 0.25) is 0 Å². The van der Waals surface area contributed by atoms with E-state index in [0.29, 0.717) is 11.1 Å². The van der Waals surface area contributed by atoms with Gasteiger partial charge in [-0.3, -0.25) is 0 Å². The van der Waals surface area contributed by atoms with Crippen molar-refractivity contribution in [3.63, 3.8) is 0 Å². The Bertz CT molecular complexity index is 627. The lowest BCUT2D eigenvalue weighted by Crippen LogP contribution is -2.42. The highest BCUT2D eigenvalue weighted by molar-refractivity contribution is 5.52. The molecule has 1 saturated heterocycles. The number of benzene rings is 2. The molecule has 23 heavy (non-hydrogen) atoms. The third kappa shape index (κ3) is 2.87. The van der Waals surface area contributed by atoms with Gasteiger partial charge in [-0.1, -0.05) is 73.8 Å². The van der Waals surface area contributed by atoms with Crippen molar-refractivity contribution in [2.45, 2.75) is 24.6 Å². The van der Waals surface area contributed by atoms with Crippen molar-refractivity contribution in [1.29, 1.82) is 0 Å². The van der Waals surface area contributed by atoms with Crippen LogP contribution in [-0.2, 0) is 5.67 Å². The van der Waals surface area contributed by atoms with Crippen LogP contribution in [0, 0.1) is 0 Å². The maximum absolute atomic E-state index is 16.3. The van der Waals surface area contributed by atoms with Crippen molar-refractivity contribution in [2.24, 2.45) is 0 Å². The Morgan fingerprint density at radius 3 is 1.74 bits per heavy atom. The molecule has 1 aliphatic rings. The summed E-state index contributed by atoms with van der Waals surface area (Å²) in [6.45, 7) is 8.39. The summed E-state index contributed by atoms with van der Waals surface area (Å²) in [5.74, 6) is 0. The highest BCUT2D eigenvalue weighted by atomic mass is 19.1. The molecular formula is C21H22FN. The van der Waals surface area contributed by atoms with Gasteiger partial charge < -0.3 is 5.32 Å². The topological polar surface area (TPSA) is 12.0 Å². The van der Waals surface area contributed by atoms with E-state index in [1.807, 2.05) is 48.5 Å². The van der Waals surface area contributed by atoms with Crippen molar-refractivity contribution in [3.05, 3.63) is 83.9 Å². The van der Waals surface area contributed by atoms with E-state index in [9.17, 15) is 0 Å². The van der Waals surface area contributed by atoms with Crippen LogP contribution in [0.25, 0.3) is 12.2 Å². The number of halogens is 1. The van der Waals surface area contributed by atoms with Crippen LogP contribution in [0.15, 0.2) is 61.7 Å². The van der Waals surface area contributed by atoms with E-state index in [1.165, 1.54) is 0 Å². The monoisotopic (exact) mass is 307 g/mol. The van der Waals surface area contributed by atoms with Crippen LogP contribution in [0.1, 0.15) is 35.1 Å². The molecule has 1 heterocycles. The fourth-order valence-electron chi connectivity index (χ4n) is 3.32. The van der Waals surface area contributed by atoms with E-state index < -0.39 is 5.67 Å². The second-order valence-electron chi connectivity index (χ2n) is 6.01. The quantitative estimate of drug-likeness (QED) is 0.825. The fourth-order valence-corrected chi connectivity index (χ4v) is 3.32. The SMILES string of the molecule is C=Cc1ccc(C(F)(c2ccc(C=C)cc2)C2CCCN2)cc1. The third-order valence-corrected chi connectivity index (χ3v) is 4.67. The minimum Gasteiger partial charge on any atom is -0.310 e. The first kappa shape index (κ1) is 15.7. The molecule has 1 unspecified atom stereocenters. The lowest BCUT2D eigenvalue weighted by Gasteiger charge is -2.33. The van der Waals surface area contributed by atoms with Gasteiger partial charge in [-0.2, -0.15) is 0 Å². The van der Waals surface area contributed by atoms with Crippen molar-refractivity contribution >= 4 is 12.2 Å². The molecule has 1 fully saturated rings. The molecule has 2 aromatic rings. The number of rotatable bonds is 5. The summed E-state index contributed by atoms with van der Waals surface area (Å²) in [4.78, 5) is 0. The van der Waals surface area contributed by atoms with E-state index in [2.05, 4.69) is 18.5 Å². The van der Waals surface area contributed by atoms with E-state index in [0.717, 1.165) is 30.5 Å². The first-order valence-electron chi connectivity index (χ1n) is 8.06. The van der Waals surface area contributed by atoms with Crippen LogP contribution >= 0.6 is 0 Å². The molecule has 0 spiro atoms. The maximum atomic E-state index is 16.3. The Morgan fingerprint density at radius 1 is 0.913 bits per heavy atom. The van der Waals surface area contributed by atoms with Gasteiger partial charge in [0, 0.05) is 6.04 Å². The van der Waals surface area contributed by atoms with Gasteiger partial charge in [-0.25, -0.2) is 4.39 Å². The molecule has 1 N–H and O–H groups in total. The summed E-state index contributed by atoms with van der Waals surface area (Å²) in [7, 11) is 0. The molecule has 0 radical (unpaired) electrons. The van der Waals surface area contributed by atoms with E-state index >= 15 is 4.39 Å². The maximum Gasteiger partial charge on any atom is 0.176 e. The van der Waals surface area contributed by atoms with Crippen molar-refractivity contribution in [3.8, 4) is 0 Å². The molecule has 1 atom stereocenters. The van der Waals surface area contributed by atoms with Crippen molar-refractivity contribution in [1.82, 2.24) is 5.32 Å². The fraction of sp³-hybridized carbons (Fsp3) is 0.238. The van der Waals surface area contributed by atoms with Crippen LogP contribution in [0.4, 0.5) is 4.39 Å². The normalized spacial score (nSPS) is 17.9. The lowest BCUT2D eigenvalue weighted by atomic mass is 9.80. The van der Waals surface area contributed by atoms with Crippen LogP contribution in [-0.4, -0.2) is 12.6 Å². The number of alkyl halides is 1. The Balaban J connectivity index is 2.08. The first-order valence-corrected chi connectivity index (χ1v) is 8.06. The molecule has 1 nitrogen and oxygen atoms in total. The number of hydrogen-bond acceptors (Lipinski definition) is 1. The Morgan fingerprint density at radius 2 is 1.39 bits per heavy atom. The summed E-state index contributed by atoms with van der Waals surface area (Å²) < 4.78 is 16.3. The molecule has 0 saturated carbocycles. The van der Waals surface area contributed by atoms with Crippen molar-refractivity contribution < 1.29 is 4.39 Å². The number of hydrogen-bond donors (Lipinski definition) is 1. The number of nitrogens with one attached hydrogen (secondary N) is 1. The third-order valence-electron chi connectivity index (χ3n) is 4.67. The minimum atomic E-state index is -1.53. The molecule has 118 valence electrons. The molecule has 0 amide bonds. The average molecular weight is 307 g/mol. The molecule has 1 aliphatic heterocycles. The van der Waals surface area contributed by atoms with Crippen LogP contribution in [0.3, 0.4) is 0 Å². The van der Waals surface area contributed by atoms with Crippen LogP contribution < -0.4 is 5.32 Å². The summed E-state index contributed by atoms with van der Waals surface area (Å²) in [6.07, 6.45) is 5.39. The molecular weight excluding hydrogens is 285 g/mol. The Kier molecular flexibility index (Phi) is 4.44. The largest absolute Gasteiger partial charge is 0.310 e. The van der Waals surface area contributed by atoms with E-state index in [1.54, 1.807) is 12.2 Å². The van der Waals surface area contributed by atoms with Gasteiger partial charge in [0.1, 0.15) is 0 Å². The van der Waals surface area contributed by atoms with Crippen molar-refractivity contribution in [2.75, 3.05) is 6.54 Å². The minimum absolute atomic E-state index is 0.202. The van der Waals surface area contributed by atoms with Gasteiger partial charge in [0.15, 0.2) is 5.67 Å². The second-order valence-corrected chi connectivity index (χ2v) is 6.01. The standard InChI is InChI=1S/C21H22FN/c1-3-16-7-11-18(12-8-16)21(22,20-6-5-15-23-20)19-13-9-17(4-2)10-14-19/h3-4,7-14,20,23H,1-2,5-6,15H2. The highest BCUT2D eigenvalue weighted by Crippen LogP contribution is 2.40. The van der Waals surface area contributed by atoms with Gasteiger partial charge in [-0.15, -0.1) is 0 Å². The second kappa shape index (κ2) is 6.51. The molecule has 2 aromatic carbocycles. The van der Waals surface area contributed by atoms with E-state index in [4.69, 9.17) is 0 Å². The first-order chi connectivity index (χ1) is 11.2. The molecule has 0 aliphatic carbocycles. The summed E-state index contributed by atoms with van der Waals surface area (Å²) in [5, 5.41) is 3.34. The van der Waals surface area contributed by atoms with E-state index in [-0.39, 0.29) is 6.04 Å². The molecule has 0 aromatic heterocycles. The summed E-state index contributed by atoms with van der Waals surface area (Å²) in [6, 6.07) is 15.0. The smallest absolute Gasteiger partial charge is 0.176 e. The van der Waals surface area contributed by atoms with Gasteiger partial charge in [-0.05, 0) is 41.6 Å². The predicted molar refractivity (Wildman–Crippen MR) is 96.0 cm³/mol. The predicted octanol–water partition coefficient (Wildman–Crippen LogP) is 4.94. The molecule has 2 heteroatoms. The highest BCUT2D eigenvalue weighted by Gasteiger charge is 2.43. The van der Waals surface area contributed by atoms with Gasteiger partial charge in [0.25, 0.3) is 0 Å². The average Bonchev–Trinajstić information content (AvgIpc) is 3.16. The Hall–Kier alpha value is -2.19. The lowest BCUT2D eigenvalue weighted by molar-refractivity contribution is 0.163. The Labute approximate surface area is 137 Å². The van der Waals surface area contributed by atoms with Gasteiger partial charge in [0.05, 0.1) is 0 Å². The molecule has 3 rings (SSSR count). The zero-order valence-electron chi connectivity index (χ0n) is 13.3. The van der Waals surface area contributed by atoms with Gasteiger partial charge >= 0.3 is 0 Å². The molecule has 0 bridgehead atoms. The zero-order valence-corrected chi connectivity index (χ0v) is 13.3. The zero-order chi connectivity index (χ0) is 16.3. The summed E-state index contributed by atoms with van der Waals surface area (Å²) in [5.41, 5.74) is 1.84. The van der Waals surface area contributed by atoms with Gasteiger partial charge in [0.2, 0.25) is 0 Å². The van der Waals surface area contributed by atoms with Crippen LogP contribution in [0.5, 0.6) is 0 Å². The summed E-state index contributed by atoms with van der Waals surface area (Å²) >= 11 is 0.